The first-order chi connectivity index (χ1) is 5.99. The molecule has 1 aliphatic heterocycles. The molecule has 1 rings (SSSR count). The molecule has 1 N–H and O–H groups in total. The van der Waals surface area contributed by atoms with Gasteiger partial charge in [-0.3, -0.25) is 4.90 Å². The van der Waals surface area contributed by atoms with Crippen LogP contribution in [0.4, 0.5) is 0 Å². The maximum atomic E-state index is 10.8. The average Bonchev–Trinajstić information content (AvgIpc) is 2.50. The second-order valence-electron chi connectivity index (χ2n) is 3.71. The summed E-state index contributed by atoms with van der Waals surface area (Å²) >= 11 is 0. The highest BCUT2D eigenvalue weighted by Gasteiger charge is 2.18. The second kappa shape index (κ2) is 4.39. The molecule has 78 valence electrons. The molecule has 0 aromatic heterocycles. The Morgan fingerprint density at radius 3 is 2.38 bits per heavy atom. The van der Waals surface area contributed by atoms with Gasteiger partial charge in [0.25, 0.3) is 0 Å². The van der Waals surface area contributed by atoms with Crippen LogP contribution in [0.5, 0.6) is 0 Å². The highest BCUT2D eigenvalue weighted by Crippen LogP contribution is 2.10. The predicted octanol–water partition coefficient (Wildman–Crippen LogP) is 0.0199. The van der Waals surface area contributed by atoms with Gasteiger partial charge >= 0.3 is 0 Å². The Bertz CT molecular complexity index is 245. The molecule has 0 bridgehead atoms. The van der Waals surface area contributed by atoms with Crippen LogP contribution in [0.1, 0.15) is 19.8 Å². The van der Waals surface area contributed by atoms with Gasteiger partial charge in [0.2, 0.25) is 10.0 Å². The van der Waals surface area contributed by atoms with E-state index in [1.54, 1.807) is 0 Å². The lowest BCUT2D eigenvalue weighted by Crippen LogP contribution is -2.40. The molecule has 13 heavy (non-hydrogen) atoms. The predicted molar refractivity (Wildman–Crippen MR) is 53.1 cm³/mol. The topological polar surface area (TPSA) is 49.4 Å². The molecule has 1 aliphatic rings. The van der Waals surface area contributed by atoms with Gasteiger partial charge in [0.05, 0.1) is 6.26 Å². The molecule has 1 saturated heterocycles. The molecular weight excluding hydrogens is 188 g/mol. The Morgan fingerprint density at radius 1 is 1.38 bits per heavy atom. The van der Waals surface area contributed by atoms with Crippen molar-refractivity contribution in [2.75, 3.05) is 25.9 Å². The minimum Gasteiger partial charge on any atom is -0.299 e. The van der Waals surface area contributed by atoms with Gasteiger partial charge in [0, 0.05) is 12.6 Å². The average molecular weight is 206 g/mol. The molecule has 0 radical (unpaired) electrons. The van der Waals surface area contributed by atoms with E-state index in [1.807, 2.05) is 0 Å². The van der Waals surface area contributed by atoms with E-state index in [9.17, 15) is 8.42 Å². The summed E-state index contributed by atoms with van der Waals surface area (Å²) in [6.07, 6.45) is 3.68. The van der Waals surface area contributed by atoms with E-state index in [4.69, 9.17) is 0 Å². The zero-order valence-electron chi connectivity index (χ0n) is 8.28. The maximum absolute atomic E-state index is 10.8. The van der Waals surface area contributed by atoms with Crippen molar-refractivity contribution in [3.05, 3.63) is 0 Å². The van der Waals surface area contributed by atoms with Crippen LogP contribution < -0.4 is 4.72 Å². The Labute approximate surface area is 80.4 Å². The molecular formula is C8H18N2O2S. The summed E-state index contributed by atoms with van der Waals surface area (Å²) in [7, 11) is -3.03. The van der Waals surface area contributed by atoms with Gasteiger partial charge < -0.3 is 0 Å². The summed E-state index contributed by atoms with van der Waals surface area (Å²) in [6, 6.07) is 0.317. The highest BCUT2D eigenvalue weighted by molar-refractivity contribution is 7.88. The molecule has 0 aromatic rings. The van der Waals surface area contributed by atoms with Gasteiger partial charge in [-0.1, -0.05) is 0 Å². The second-order valence-corrected chi connectivity index (χ2v) is 5.55. The fourth-order valence-corrected chi connectivity index (χ4v) is 2.13. The molecule has 1 fully saturated rings. The zero-order valence-corrected chi connectivity index (χ0v) is 9.10. The molecule has 0 aromatic carbocycles. The van der Waals surface area contributed by atoms with Gasteiger partial charge in [0.1, 0.15) is 0 Å². The van der Waals surface area contributed by atoms with E-state index >= 15 is 0 Å². The number of rotatable bonds is 4. The molecule has 1 unspecified atom stereocenters. The van der Waals surface area contributed by atoms with Crippen LogP contribution in [0.3, 0.4) is 0 Å². The molecule has 4 nitrogen and oxygen atoms in total. The summed E-state index contributed by atoms with van der Waals surface area (Å²) in [4.78, 5) is 2.32. The van der Waals surface area contributed by atoms with Crippen molar-refractivity contribution in [3.63, 3.8) is 0 Å². The van der Waals surface area contributed by atoms with Gasteiger partial charge in [-0.05, 0) is 32.9 Å². The van der Waals surface area contributed by atoms with Crippen molar-refractivity contribution in [3.8, 4) is 0 Å². The summed E-state index contributed by atoms with van der Waals surface area (Å²) in [5.41, 5.74) is 0. The first-order valence-electron chi connectivity index (χ1n) is 4.68. The molecule has 1 heterocycles. The molecule has 0 saturated carbocycles. The van der Waals surface area contributed by atoms with Crippen LogP contribution >= 0.6 is 0 Å². The smallest absolute Gasteiger partial charge is 0.208 e. The van der Waals surface area contributed by atoms with Crippen molar-refractivity contribution in [2.24, 2.45) is 0 Å². The van der Waals surface area contributed by atoms with E-state index in [2.05, 4.69) is 16.5 Å². The van der Waals surface area contributed by atoms with E-state index in [0.29, 0.717) is 12.6 Å². The van der Waals surface area contributed by atoms with E-state index in [-0.39, 0.29) is 0 Å². The summed E-state index contributed by atoms with van der Waals surface area (Å²) in [5, 5.41) is 0. The Hall–Kier alpha value is -0.130. The van der Waals surface area contributed by atoms with Crippen LogP contribution in [-0.2, 0) is 10.0 Å². The Kier molecular flexibility index (Phi) is 3.70. The van der Waals surface area contributed by atoms with Crippen molar-refractivity contribution in [1.29, 1.82) is 0 Å². The Morgan fingerprint density at radius 2 is 1.92 bits per heavy atom. The van der Waals surface area contributed by atoms with E-state index < -0.39 is 10.0 Å². The zero-order chi connectivity index (χ0) is 9.90. The summed E-state index contributed by atoms with van der Waals surface area (Å²) in [6.45, 7) is 4.79. The third-order valence-corrected chi connectivity index (χ3v) is 3.10. The molecule has 0 amide bonds. The quantitative estimate of drug-likeness (QED) is 0.705. The van der Waals surface area contributed by atoms with E-state index in [1.165, 1.54) is 19.1 Å². The van der Waals surface area contributed by atoms with Gasteiger partial charge in [-0.15, -0.1) is 0 Å². The first-order valence-corrected chi connectivity index (χ1v) is 6.57. The summed E-state index contributed by atoms with van der Waals surface area (Å²) < 4.78 is 24.2. The molecule has 1 atom stereocenters. The van der Waals surface area contributed by atoms with Crippen LogP contribution in [0.15, 0.2) is 0 Å². The maximum Gasteiger partial charge on any atom is 0.208 e. The molecule has 0 aliphatic carbocycles. The fourth-order valence-electron chi connectivity index (χ4n) is 1.58. The standard InChI is InChI=1S/C8H18N2O2S/c1-8(7-9-13(2,11)12)10-5-3-4-6-10/h8-9H,3-7H2,1-2H3. The fraction of sp³-hybridized carbons (Fsp3) is 1.00. The van der Waals surface area contributed by atoms with Gasteiger partial charge in [0.15, 0.2) is 0 Å². The number of hydrogen-bond acceptors (Lipinski definition) is 3. The van der Waals surface area contributed by atoms with Crippen LogP contribution in [0.25, 0.3) is 0 Å². The normalized spacial score (nSPS) is 22.0. The van der Waals surface area contributed by atoms with E-state index in [0.717, 1.165) is 13.1 Å². The van der Waals surface area contributed by atoms with Crippen molar-refractivity contribution < 1.29 is 8.42 Å². The first kappa shape index (κ1) is 10.9. The SMILES string of the molecule is CC(CNS(C)(=O)=O)N1CCCC1. The number of hydrogen-bond donors (Lipinski definition) is 1. The molecule has 0 spiro atoms. The lowest BCUT2D eigenvalue weighted by molar-refractivity contribution is 0.260. The lowest BCUT2D eigenvalue weighted by Gasteiger charge is -2.23. The van der Waals surface area contributed by atoms with Crippen molar-refractivity contribution >= 4 is 10.0 Å². The van der Waals surface area contributed by atoms with Crippen molar-refractivity contribution in [2.45, 2.75) is 25.8 Å². The lowest BCUT2D eigenvalue weighted by atomic mass is 10.3. The minimum absolute atomic E-state index is 0.317. The number of sulfonamides is 1. The van der Waals surface area contributed by atoms with Crippen molar-refractivity contribution in [1.82, 2.24) is 9.62 Å². The Balaban J connectivity index is 2.28. The van der Waals surface area contributed by atoms with Gasteiger partial charge in [-0.25, -0.2) is 13.1 Å². The number of likely N-dealkylation sites (tertiary alicyclic amines) is 1. The van der Waals surface area contributed by atoms with Crippen LogP contribution in [0.2, 0.25) is 0 Å². The monoisotopic (exact) mass is 206 g/mol. The third-order valence-electron chi connectivity index (χ3n) is 2.40. The largest absolute Gasteiger partial charge is 0.299 e. The number of nitrogens with zero attached hydrogens (tertiary/aromatic N) is 1. The van der Waals surface area contributed by atoms with Gasteiger partial charge in [-0.2, -0.15) is 0 Å². The number of nitrogens with one attached hydrogen (secondary N) is 1. The summed E-state index contributed by atoms with van der Waals surface area (Å²) in [5.74, 6) is 0. The van der Waals surface area contributed by atoms with Crippen LogP contribution in [-0.4, -0.2) is 45.2 Å². The highest BCUT2D eigenvalue weighted by atomic mass is 32.2. The molecule has 5 heteroatoms. The third kappa shape index (κ3) is 4.06. The van der Waals surface area contributed by atoms with Crippen LogP contribution in [0, 0.1) is 0 Å². The minimum atomic E-state index is -3.03.